The summed E-state index contributed by atoms with van der Waals surface area (Å²) in [5, 5.41) is 3.04. The van der Waals surface area contributed by atoms with Gasteiger partial charge in [-0.05, 0) is 37.9 Å². The fourth-order valence-electron chi connectivity index (χ4n) is 1.88. The summed E-state index contributed by atoms with van der Waals surface area (Å²) in [4.78, 5) is 1.05. The Bertz CT molecular complexity index is 492. The van der Waals surface area contributed by atoms with E-state index in [4.69, 9.17) is 0 Å². The second-order valence-electron chi connectivity index (χ2n) is 4.65. The van der Waals surface area contributed by atoms with Gasteiger partial charge in [-0.25, -0.2) is 8.42 Å². The number of rotatable bonds is 7. The van der Waals surface area contributed by atoms with E-state index in [1.807, 2.05) is 20.0 Å². The van der Waals surface area contributed by atoms with Gasteiger partial charge < -0.3 is 5.32 Å². The van der Waals surface area contributed by atoms with Crippen LogP contribution < -0.4 is 5.32 Å². The van der Waals surface area contributed by atoms with Crippen LogP contribution >= 0.6 is 11.3 Å². The molecule has 0 saturated heterocycles. The van der Waals surface area contributed by atoms with Crippen molar-refractivity contribution < 1.29 is 8.42 Å². The number of sulfonamides is 1. The molecule has 2 rings (SSSR count). The zero-order chi connectivity index (χ0) is 13.2. The average Bonchev–Trinajstić information content (AvgIpc) is 3.03. The van der Waals surface area contributed by atoms with Gasteiger partial charge in [-0.15, -0.1) is 11.3 Å². The zero-order valence-electron chi connectivity index (χ0n) is 10.8. The second-order valence-corrected chi connectivity index (χ2v) is 7.98. The lowest BCUT2D eigenvalue weighted by molar-refractivity contribution is 0.413. The normalized spacial score (nSPS) is 16.4. The topological polar surface area (TPSA) is 49.4 Å². The number of nitrogens with zero attached hydrogens (tertiary/aromatic N) is 1. The first kappa shape index (κ1) is 14.0. The van der Waals surface area contributed by atoms with E-state index in [1.165, 1.54) is 24.2 Å². The van der Waals surface area contributed by atoms with E-state index in [-0.39, 0.29) is 0 Å². The molecule has 1 heterocycles. The molecule has 1 fully saturated rings. The van der Waals surface area contributed by atoms with E-state index in [2.05, 4.69) is 5.32 Å². The molecule has 102 valence electrons. The van der Waals surface area contributed by atoms with Crippen molar-refractivity contribution >= 4 is 21.4 Å². The summed E-state index contributed by atoms with van der Waals surface area (Å²) in [6, 6.07) is 3.61. The predicted molar refractivity (Wildman–Crippen MR) is 74.2 cm³/mol. The lowest BCUT2D eigenvalue weighted by Crippen LogP contribution is -2.32. The minimum absolute atomic E-state index is 0.468. The third-order valence-electron chi connectivity index (χ3n) is 3.09. The highest BCUT2D eigenvalue weighted by Gasteiger charge is 2.31. The van der Waals surface area contributed by atoms with Crippen LogP contribution in [0.5, 0.6) is 0 Å². The predicted octanol–water partition coefficient (Wildman–Crippen LogP) is 1.89. The molecule has 1 N–H and O–H groups in total. The molecule has 0 amide bonds. The minimum atomic E-state index is -3.28. The van der Waals surface area contributed by atoms with Crippen LogP contribution in [-0.2, 0) is 16.6 Å². The van der Waals surface area contributed by atoms with Crippen molar-refractivity contribution in [2.75, 3.05) is 20.1 Å². The maximum atomic E-state index is 12.5. The third-order valence-corrected chi connectivity index (χ3v) is 6.59. The molecule has 0 bridgehead atoms. The summed E-state index contributed by atoms with van der Waals surface area (Å²) in [7, 11) is -1.42. The molecule has 0 unspecified atom stereocenters. The van der Waals surface area contributed by atoms with E-state index in [1.54, 1.807) is 10.4 Å². The van der Waals surface area contributed by atoms with Crippen LogP contribution in [0.1, 0.15) is 24.6 Å². The first-order chi connectivity index (χ1) is 8.57. The van der Waals surface area contributed by atoms with Crippen molar-refractivity contribution in [1.29, 1.82) is 0 Å². The van der Waals surface area contributed by atoms with Crippen LogP contribution in [-0.4, -0.2) is 32.9 Å². The molecule has 0 radical (unpaired) electrons. The van der Waals surface area contributed by atoms with Gasteiger partial charge in [0.15, 0.2) is 0 Å². The molecular weight excluding hydrogens is 268 g/mol. The van der Waals surface area contributed by atoms with Crippen molar-refractivity contribution in [1.82, 2.24) is 9.62 Å². The Kier molecular flexibility index (Phi) is 4.42. The number of hydrogen-bond donors (Lipinski definition) is 1. The Labute approximate surface area is 113 Å². The van der Waals surface area contributed by atoms with Gasteiger partial charge in [0, 0.05) is 24.5 Å². The van der Waals surface area contributed by atoms with Crippen LogP contribution in [0.15, 0.2) is 16.3 Å². The molecule has 4 nitrogen and oxygen atoms in total. The molecule has 18 heavy (non-hydrogen) atoms. The van der Waals surface area contributed by atoms with E-state index < -0.39 is 10.0 Å². The number of thiophene rings is 1. The molecule has 0 spiro atoms. The maximum Gasteiger partial charge on any atom is 0.252 e. The summed E-state index contributed by atoms with van der Waals surface area (Å²) in [5.74, 6) is 0.580. The van der Waals surface area contributed by atoms with Gasteiger partial charge in [0.25, 0.3) is 10.0 Å². The highest BCUT2D eigenvalue weighted by atomic mass is 32.2. The largest absolute Gasteiger partial charge is 0.315 e. The SMILES string of the molecule is CCN(CC1CC1)S(=O)(=O)c1ccc(CNC)s1. The average molecular weight is 288 g/mol. The van der Waals surface area contributed by atoms with Gasteiger partial charge in [0.2, 0.25) is 0 Å². The lowest BCUT2D eigenvalue weighted by atomic mass is 10.4. The molecule has 1 aliphatic carbocycles. The third kappa shape index (κ3) is 3.12. The highest BCUT2D eigenvalue weighted by molar-refractivity contribution is 7.91. The molecule has 0 atom stereocenters. The Morgan fingerprint density at radius 2 is 2.17 bits per heavy atom. The van der Waals surface area contributed by atoms with Crippen molar-refractivity contribution in [2.24, 2.45) is 5.92 Å². The highest BCUT2D eigenvalue weighted by Crippen LogP contribution is 2.32. The molecule has 0 aliphatic heterocycles. The summed E-state index contributed by atoms with van der Waals surface area (Å²) >= 11 is 1.36. The molecule has 1 aromatic heterocycles. The van der Waals surface area contributed by atoms with Crippen molar-refractivity contribution in [2.45, 2.75) is 30.5 Å². The fourth-order valence-corrected chi connectivity index (χ4v) is 4.93. The van der Waals surface area contributed by atoms with E-state index in [0.29, 0.717) is 23.2 Å². The van der Waals surface area contributed by atoms with Gasteiger partial charge in [-0.1, -0.05) is 6.92 Å². The minimum Gasteiger partial charge on any atom is -0.315 e. The quantitative estimate of drug-likeness (QED) is 0.833. The van der Waals surface area contributed by atoms with E-state index >= 15 is 0 Å². The van der Waals surface area contributed by atoms with Crippen molar-refractivity contribution in [3.63, 3.8) is 0 Å². The Hall–Kier alpha value is -0.430. The summed E-state index contributed by atoms with van der Waals surface area (Å²) in [6.45, 7) is 3.85. The maximum absolute atomic E-state index is 12.5. The van der Waals surface area contributed by atoms with Crippen LogP contribution in [0.4, 0.5) is 0 Å². The summed E-state index contributed by atoms with van der Waals surface area (Å²) < 4.78 is 27.0. The molecule has 0 aromatic carbocycles. The number of hydrogen-bond acceptors (Lipinski definition) is 4. The van der Waals surface area contributed by atoms with E-state index in [9.17, 15) is 8.42 Å². The smallest absolute Gasteiger partial charge is 0.252 e. The summed E-state index contributed by atoms with van der Waals surface area (Å²) in [5.41, 5.74) is 0. The van der Waals surface area contributed by atoms with Crippen molar-refractivity contribution in [3.8, 4) is 0 Å². The zero-order valence-corrected chi connectivity index (χ0v) is 12.5. The fraction of sp³-hybridized carbons (Fsp3) is 0.667. The number of nitrogens with one attached hydrogen (secondary N) is 1. The van der Waals surface area contributed by atoms with Gasteiger partial charge in [-0.3, -0.25) is 0 Å². The molecule has 1 aromatic rings. The molecule has 1 aliphatic rings. The monoisotopic (exact) mass is 288 g/mol. The second kappa shape index (κ2) is 5.69. The van der Waals surface area contributed by atoms with Gasteiger partial charge in [0.1, 0.15) is 4.21 Å². The first-order valence-electron chi connectivity index (χ1n) is 6.31. The van der Waals surface area contributed by atoms with Crippen molar-refractivity contribution in [3.05, 3.63) is 17.0 Å². The van der Waals surface area contributed by atoms with Gasteiger partial charge in [-0.2, -0.15) is 4.31 Å². The first-order valence-corrected chi connectivity index (χ1v) is 8.57. The van der Waals surface area contributed by atoms with Crippen LogP contribution in [0.3, 0.4) is 0 Å². The molecule has 6 heteroatoms. The van der Waals surface area contributed by atoms with E-state index in [0.717, 1.165) is 11.4 Å². The van der Waals surface area contributed by atoms with Crippen LogP contribution in [0, 0.1) is 5.92 Å². The Balaban J connectivity index is 2.15. The summed E-state index contributed by atoms with van der Waals surface area (Å²) in [6.07, 6.45) is 2.34. The lowest BCUT2D eigenvalue weighted by Gasteiger charge is -2.19. The standard InChI is InChI=1S/C12H20N2O2S2/c1-3-14(9-10-4-5-10)18(15,16)12-7-6-11(17-12)8-13-2/h6-7,10,13H,3-5,8-9H2,1-2H3. The Morgan fingerprint density at radius 1 is 1.44 bits per heavy atom. The molecule has 1 saturated carbocycles. The van der Waals surface area contributed by atoms with Crippen LogP contribution in [0.2, 0.25) is 0 Å². The molecular formula is C12H20N2O2S2. The van der Waals surface area contributed by atoms with Crippen LogP contribution in [0.25, 0.3) is 0 Å². The Morgan fingerprint density at radius 3 is 2.72 bits per heavy atom. The van der Waals surface area contributed by atoms with Gasteiger partial charge in [0.05, 0.1) is 0 Å². The van der Waals surface area contributed by atoms with Gasteiger partial charge >= 0.3 is 0 Å².